The Hall–Kier alpha value is -0.580. The minimum atomic E-state index is -3.37. The summed E-state index contributed by atoms with van der Waals surface area (Å²) in [5.41, 5.74) is 0.955. The first-order chi connectivity index (χ1) is 8.41. The van der Waals surface area contributed by atoms with Crippen molar-refractivity contribution in [2.24, 2.45) is 5.92 Å². The van der Waals surface area contributed by atoms with Gasteiger partial charge in [-0.05, 0) is 37.0 Å². The highest BCUT2D eigenvalue weighted by molar-refractivity contribution is 7.89. The number of nitrogens with zero attached hydrogens (tertiary/aromatic N) is 1. The van der Waals surface area contributed by atoms with Crippen molar-refractivity contribution < 1.29 is 8.42 Å². The number of aryl methyl sites for hydroxylation is 1. The molecule has 18 heavy (non-hydrogen) atoms. The summed E-state index contributed by atoms with van der Waals surface area (Å²) in [6.45, 7) is 4.90. The summed E-state index contributed by atoms with van der Waals surface area (Å²) >= 11 is 6.13. The molecule has 0 amide bonds. The van der Waals surface area contributed by atoms with E-state index < -0.39 is 10.0 Å². The molecule has 0 bridgehead atoms. The molecule has 1 aromatic rings. The molecule has 0 spiro atoms. The van der Waals surface area contributed by atoms with Crippen molar-refractivity contribution in [2.75, 3.05) is 13.1 Å². The minimum absolute atomic E-state index is 0.0777. The molecule has 1 fully saturated rings. The van der Waals surface area contributed by atoms with Gasteiger partial charge < -0.3 is 0 Å². The van der Waals surface area contributed by atoms with E-state index >= 15 is 0 Å². The zero-order valence-electron chi connectivity index (χ0n) is 10.6. The SMILES string of the molecule is Cc1cccc(S(=O)(=O)N2CCC(Cl)C(C)C2)c1. The third-order valence-corrected chi connectivity index (χ3v) is 5.90. The van der Waals surface area contributed by atoms with Crippen LogP contribution in [0.3, 0.4) is 0 Å². The van der Waals surface area contributed by atoms with Crippen LogP contribution in [-0.4, -0.2) is 31.2 Å². The molecule has 100 valence electrons. The fraction of sp³-hybridized carbons (Fsp3) is 0.538. The molecule has 1 aliphatic rings. The summed E-state index contributed by atoms with van der Waals surface area (Å²) in [5.74, 6) is 0.194. The fourth-order valence-electron chi connectivity index (χ4n) is 2.22. The number of hydrogen-bond donors (Lipinski definition) is 0. The van der Waals surface area contributed by atoms with E-state index in [0.29, 0.717) is 24.4 Å². The van der Waals surface area contributed by atoms with Crippen molar-refractivity contribution in [3.8, 4) is 0 Å². The lowest BCUT2D eigenvalue weighted by molar-refractivity contribution is 0.286. The van der Waals surface area contributed by atoms with Crippen LogP contribution in [0.4, 0.5) is 0 Å². The van der Waals surface area contributed by atoms with E-state index in [9.17, 15) is 8.42 Å². The van der Waals surface area contributed by atoms with Gasteiger partial charge in [0.2, 0.25) is 10.0 Å². The van der Waals surface area contributed by atoms with Crippen LogP contribution in [-0.2, 0) is 10.0 Å². The van der Waals surface area contributed by atoms with E-state index in [-0.39, 0.29) is 11.3 Å². The molecule has 0 aliphatic carbocycles. The number of benzene rings is 1. The number of halogens is 1. The molecule has 0 radical (unpaired) electrons. The predicted octanol–water partition coefficient (Wildman–Crippen LogP) is 2.63. The maximum Gasteiger partial charge on any atom is 0.243 e. The van der Waals surface area contributed by atoms with Crippen molar-refractivity contribution in [2.45, 2.75) is 30.5 Å². The van der Waals surface area contributed by atoms with Crippen molar-refractivity contribution >= 4 is 21.6 Å². The van der Waals surface area contributed by atoms with Crippen molar-refractivity contribution in [3.63, 3.8) is 0 Å². The quantitative estimate of drug-likeness (QED) is 0.784. The highest BCUT2D eigenvalue weighted by atomic mass is 35.5. The molecule has 0 aromatic heterocycles. The lowest BCUT2D eigenvalue weighted by Gasteiger charge is -2.33. The summed E-state index contributed by atoms with van der Waals surface area (Å²) in [6, 6.07) is 7.04. The molecule has 2 rings (SSSR count). The second kappa shape index (κ2) is 5.19. The van der Waals surface area contributed by atoms with Crippen molar-refractivity contribution in [1.82, 2.24) is 4.31 Å². The molecule has 1 heterocycles. The molecule has 1 aliphatic heterocycles. The molecule has 2 atom stereocenters. The van der Waals surface area contributed by atoms with E-state index in [1.54, 1.807) is 22.5 Å². The van der Waals surface area contributed by atoms with E-state index in [4.69, 9.17) is 11.6 Å². The lowest BCUT2D eigenvalue weighted by atomic mass is 10.0. The van der Waals surface area contributed by atoms with Gasteiger partial charge in [-0.3, -0.25) is 0 Å². The highest BCUT2D eigenvalue weighted by Crippen LogP contribution is 2.26. The maximum absolute atomic E-state index is 12.5. The Bertz CT molecular complexity index is 530. The van der Waals surface area contributed by atoms with Gasteiger partial charge in [-0.25, -0.2) is 8.42 Å². The molecular weight excluding hydrogens is 270 g/mol. The van der Waals surface area contributed by atoms with E-state index in [0.717, 1.165) is 5.56 Å². The smallest absolute Gasteiger partial charge is 0.207 e. The zero-order chi connectivity index (χ0) is 13.3. The average Bonchev–Trinajstić information content (AvgIpc) is 2.32. The van der Waals surface area contributed by atoms with E-state index in [1.807, 2.05) is 19.9 Å². The second-order valence-corrected chi connectivity index (χ2v) is 7.46. The number of sulfonamides is 1. The Labute approximate surface area is 114 Å². The number of piperidine rings is 1. The van der Waals surface area contributed by atoms with Gasteiger partial charge in [-0.15, -0.1) is 11.6 Å². The van der Waals surface area contributed by atoms with Crippen molar-refractivity contribution in [3.05, 3.63) is 29.8 Å². The van der Waals surface area contributed by atoms with Crippen LogP contribution in [0.15, 0.2) is 29.2 Å². The Morgan fingerprint density at radius 3 is 2.72 bits per heavy atom. The predicted molar refractivity (Wildman–Crippen MR) is 73.4 cm³/mol. The van der Waals surface area contributed by atoms with Gasteiger partial charge in [-0.2, -0.15) is 4.31 Å². The molecule has 0 N–H and O–H groups in total. The fourth-order valence-corrected chi connectivity index (χ4v) is 4.06. The molecule has 1 saturated heterocycles. The number of alkyl halides is 1. The lowest BCUT2D eigenvalue weighted by Crippen LogP contribution is -2.43. The average molecular weight is 288 g/mol. The summed E-state index contributed by atoms with van der Waals surface area (Å²) < 4.78 is 26.5. The summed E-state index contributed by atoms with van der Waals surface area (Å²) in [4.78, 5) is 0.378. The molecule has 5 heteroatoms. The van der Waals surface area contributed by atoms with E-state index in [2.05, 4.69) is 0 Å². The first-order valence-electron chi connectivity index (χ1n) is 6.12. The van der Waals surface area contributed by atoms with Gasteiger partial charge in [-0.1, -0.05) is 19.1 Å². The van der Waals surface area contributed by atoms with Gasteiger partial charge in [0.1, 0.15) is 0 Å². The van der Waals surface area contributed by atoms with E-state index in [1.165, 1.54) is 0 Å². The monoisotopic (exact) mass is 287 g/mol. The Morgan fingerprint density at radius 2 is 2.11 bits per heavy atom. The van der Waals surface area contributed by atoms with Crippen LogP contribution in [0.5, 0.6) is 0 Å². The van der Waals surface area contributed by atoms with Gasteiger partial charge >= 0.3 is 0 Å². The summed E-state index contributed by atoms with van der Waals surface area (Å²) in [7, 11) is -3.37. The summed E-state index contributed by atoms with van der Waals surface area (Å²) in [5, 5.41) is 0.0777. The first kappa shape index (κ1) is 13.8. The highest BCUT2D eigenvalue weighted by Gasteiger charge is 2.32. The summed E-state index contributed by atoms with van der Waals surface area (Å²) in [6.07, 6.45) is 0.716. The van der Waals surface area contributed by atoms with Crippen LogP contribution < -0.4 is 0 Å². The molecule has 1 aromatic carbocycles. The largest absolute Gasteiger partial charge is 0.243 e. The van der Waals surface area contributed by atoms with Crippen LogP contribution in [0.25, 0.3) is 0 Å². The first-order valence-corrected chi connectivity index (χ1v) is 8.00. The van der Waals surface area contributed by atoms with Gasteiger partial charge in [0.05, 0.1) is 4.90 Å². The number of hydrogen-bond acceptors (Lipinski definition) is 2. The molecule has 0 saturated carbocycles. The maximum atomic E-state index is 12.5. The van der Waals surface area contributed by atoms with Crippen LogP contribution in [0, 0.1) is 12.8 Å². The van der Waals surface area contributed by atoms with Crippen LogP contribution >= 0.6 is 11.6 Å². The Balaban J connectivity index is 2.27. The number of rotatable bonds is 2. The topological polar surface area (TPSA) is 37.4 Å². The van der Waals surface area contributed by atoms with Crippen molar-refractivity contribution in [1.29, 1.82) is 0 Å². The zero-order valence-corrected chi connectivity index (χ0v) is 12.2. The normalized spacial score (nSPS) is 26.2. The third kappa shape index (κ3) is 2.71. The minimum Gasteiger partial charge on any atom is -0.207 e. The second-order valence-electron chi connectivity index (χ2n) is 4.96. The molecular formula is C13H18ClNO2S. The molecule has 2 unspecified atom stereocenters. The Kier molecular flexibility index (Phi) is 3.99. The Morgan fingerprint density at radius 1 is 1.39 bits per heavy atom. The van der Waals surface area contributed by atoms with Crippen LogP contribution in [0.2, 0.25) is 0 Å². The van der Waals surface area contributed by atoms with Gasteiger partial charge in [0.15, 0.2) is 0 Å². The standard InChI is InChI=1S/C13H18ClNO2S/c1-10-4-3-5-12(8-10)18(16,17)15-7-6-13(14)11(2)9-15/h3-5,8,11,13H,6-7,9H2,1-2H3. The van der Waals surface area contributed by atoms with Gasteiger partial charge in [0.25, 0.3) is 0 Å². The van der Waals surface area contributed by atoms with Gasteiger partial charge in [0, 0.05) is 18.5 Å². The van der Waals surface area contributed by atoms with Crippen LogP contribution in [0.1, 0.15) is 18.9 Å². The molecule has 3 nitrogen and oxygen atoms in total. The third-order valence-electron chi connectivity index (χ3n) is 3.39.